The number of carbonyl (C=O) groups is 3. The van der Waals surface area contributed by atoms with Gasteiger partial charge in [0, 0.05) is 45.1 Å². The van der Waals surface area contributed by atoms with E-state index in [2.05, 4.69) is 37.9 Å². The van der Waals surface area contributed by atoms with Crippen molar-refractivity contribution in [1.29, 1.82) is 0 Å². The first kappa shape index (κ1) is 23.3. The Morgan fingerprint density at radius 1 is 1.10 bits per heavy atom. The van der Waals surface area contributed by atoms with Crippen LogP contribution in [0.1, 0.15) is 15.9 Å². The molecule has 1 aliphatic rings. The summed E-state index contributed by atoms with van der Waals surface area (Å²) in [6.07, 6.45) is 3.31. The van der Waals surface area contributed by atoms with Gasteiger partial charge in [-0.3, -0.25) is 14.7 Å². The van der Waals surface area contributed by atoms with Crippen molar-refractivity contribution in [1.82, 2.24) is 14.8 Å². The standard InChI is InChI=1S/C18H20BrN3O2.C2H2O4/c1-24-17-5-4-14(11-16(17)19)13-21-7-9-22(10-8-21)18(23)15-3-2-6-20-12-15;3-1(4)2(5)6/h2-6,11-12H,7-10,13H2,1H3;(H,3,4)(H,5,6). The number of hydrogen-bond acceptors (Lipinski definition) is 6. The van der Waals surface area contributed by atoms with Gasteiger partial charge in [0.05, 0.1) is 17.1 Å². The highest BCUT2D eigenvalue weighted by molar-refractivity contribution is 9.10. The molecule has 1 amide bonds. The van der Waals surface area contributed by atoms with E-state index in [1.807, 2.05) is 17.0 Å². The van der Waals surface area contributed by atoms with Crippen molar-refractivity contribution >= 4 is 33.8 Å². The maximum absolute atomic E-state index is 12.4. The number of piperazine rings is 1. The highest BCUT2D eigenvalue weighted by Crippen LogP contribution is 2.26. The van der Waals surface area contributed by atoms with Crippen molar-refractivity contribution in [3.63, 3.8) is 0 Å². The molecule has 9 nitrogen and oxygen atoms in total. The zero-order valence-corrected chi connectivity index (χ0v) is 17.9. The molecule has 0 aliphatic carbocycles. The number of nitrogens with zero attached hydrogens (tertiary/aromatic N) is 3. The van der Waals surface area contributed by atoms with Crippen molar-refractivity contribution in [3.05, 3.63) is 58.3 Å². The number of hydrogen-bond donors (Lipinski definition) is 2. The molecule has 2 N–H and O–H groups in total. The molecule has 0 radical (unpaired) electrons. The van der Waals surface area contributed by atoms with Gasteiger partial charge in [0.15, 0.2) is 0 Å². The van der Waals surface area contributed by atoms with Gasteiger partial charge < -0.3 is 19.8 Å². The molecular formula is C20H22BrN3O6. The molecule has 0 spiro atoms. The van der Waals surface area contributed by atoms with Gasteiger partial charge in [0.1, 0.15) is 5.75 Å². The minimum atomic E-state index is -1.82. The number of rotatable bonds is 4. The first-order valence-electron chi connectivity index (χ1n) is 9.02. The summed E-state index contributed by atoms with van der Waals surface area (Å²) in [6, 6.07) is 9.76. The lowest BCUT2D eigenvalue weighted by atomic mass is 10.1. The van der Waals surface area contributed by atoms with Gasteiger partial charge in [-0.1, -0.05) is 6.07 Å². The third-order valence-corrected chi connectivity index (χ3v) is 4.99. The minimum absolute atomic E-state index is 0.0648. The Kier molecular flexibility index (Phi) is 8.75. The van der Waals surface area contributed by atoms with Crippen LogP contribution in [0.25, 0.3) is 0 Å². The molecule has 2 heterocycles. The van der Waals surface area contributed by atoms with Crippen molar-refractivity contribution in [3.8, 4) is 5.75 Å². The topological polar surface area (TPSA) is 120 Å². The van der Waals surface area contributed by atoms with E-state index >= 15 is 0 Å². The molecule has 1 aromatic heterocycles. The maximum Gasteiger partial charge on any atom is 0.414 e. The molecule has 30 heavy (non-hydrogen) atoms. The minimum Gasteiger partial charge on any atom is -0.496 e. The predicted octanol–water partition coefficient (Wildman–Crippen LogP) is 1.97. The molecule has 1 aromatic carbocycles. The van der Waals surface area contributed by atoms with Crippen LogP contribution < -0.4 is 4.74 Å². The lowest BCUT2D eigenvalue weighted by molar-refractivity contribution is -0.159. The summed E-state index contributed by atoms with van der Waals surface area (Å²) in [7, 11) is 1.66. The summed E-state index contributed by atoms with van der Waals surface area (Å²) >= 11 is 3.52. The van der Waals surface area contributed by atoms with E-state index in [1.165, 1.54) is 5.56 Å². The Morgan fingerprint density at radius 3 is 2.27 bits per heavy atom. The number of aromatic nitrogens is 1. The smallest absolute Gasteiger partial charge is 0.414 e. The van der Waals surface area contributed by atoms with Gasteiger partial charge in [-0.15, -0.1) is 0 Å². The summed E-state index contributed by atoms with van der Waals surface area (Å²) in [5.41, 5.74) is 1.89. The van der Waals surface area contributed by atoms with Crippen molar-refractivity contribution in [2.75, 3.05) is 33.3 Å². The molecule has 1 fully saturated rings. The fourth-order valence-corrected chi connectivity index (χ4v) is 3.44. The second-order valence-corrected chi connectivity index (χ2v) is 7.24. The molecule has 0 saturated carbocycles. The van der Waals surface area contributed by atoms with Gasteiger partial charge in [0.25, 0.3) is 5.91 Å². The third kappa shape index (κ3) is 6.82. The fourth-order valence-electron chi connectivity index (χ4n) is 2.85. The number of methoxy groups -OCH3 is 1. The Balaban J connectivity index is 0.000000469. The monoisotopic (exact) mass is 479 g/mol. The maximum atomic E-state index is 12.4. The molecule has 1 aliphatic heterocycles. The van der Waals surface area contributed by atoms with Crippen LogP contribution in [0.5, 0.6) is 5.75 Å². The number of amides is 1. The van der Waals surface area contributed by atoms with Crippen molar-refractivity contribution < 1.29 is 29.3 Å². The van der Waals surface area contributed by atoms with Gasteiger partial charge in [-0.2, -0.15) is 0 Å². The van der Waals surface area contributed by atoms with E-state index in [4.69, 9.17) is 24.5 Å². The van der Waals surface area contributed by atoms with Crippen LogP contribution in [0, 0.1) is 0 Å². The van der Waals surface area contributed by atoms with Crippen LogP contribution in [0.4, 0.5) is 0 Å². The largest absolute Gasteiger partial charge is 0.496 e. The average Bonchev–Trinajstić information content (AvgIpc) is 2.75. The van der Waals surface area contributed by atoms with Crippen LogP contribution in [0.3, 0.4) is 0 Å². The van der Waals surface area contributed by atoms with Crippen LogP contribution in [0.2, 0.25) is 0 Å². The second kappa shape index (κ2) is 11.3. The SMILES string of the molecule is COc1ccc(CN2CCN(C(=O)c3cccnc3)CC2)cc1Br.O=C(O)C(=O)O. The molecule has 160 valence electrons. The number of benzene rings is 1. The third-order valence-electron chi connectivity index (χ3n) is 4.37. The number of carbonyl (C=O) groups excluding carboxylic acids is 1. The zero-order chi connectivity index (χ0) is 22.1. The van der Waals surface area contributed by atoms with Gasteiger partial charge in [0.2, 0.25) is 0 Å². The van der Waals surface area contributed by atoms with E-state index < -0.39 is 11.9 Å². The molecule has 0 unspecified atom stereocenters. The lowest BCUT2D eigenvalue weighted by Crippen LogP contribution is -2.48. The number of carboxylic acid groups (broad SMARTS) is 2. The summed E-state index contributed by atoms with van der Waals surface area (Å²) in [6.45, 7) is 4.10. The highest BCUT2D eigenvalue weighted by atomic mass is 79.9. The van der Waals surface area contributed by atoms with Crippen LogP contribution in [0.15, 0.2) is 47.2 Å². The van der Waals surface area contributed by atoms with E-state index in [1.54, 1.807) is 25.6 Å². The molecule has 3 rings (SSSR count). The Labute approximate surface area is 182 Å². The quantitative estimate of drug-likeness (QED) is 0.638. The van der Waals surface area contributed by atoms with Gasteiger partial charge in [-0.05, 0) is 45.8 Å². The summed E-state index contributed by atoms with van der Waals surface area (Å²) < 4.78 is 6.23. The van der Waals surface area contributed by atoms with Crippen LogP contribution >= 0.6 is 15.9 Å². The Hall–Kier alpha value is -2.98. The molecule has 10 heteroatoms. The van der Waals surface area contributed by atoms with Crippen molar-refractivity contribution in [2.45, 2.75) is 6.54 Å². The van der Waals surface area contributed by atoms with Crippen molar-refractivity contribution in [2.24, 2.45) is 0 Å². The summed E-state index contributed by atoms with van der Waals surface area (Å²) in [5.74, 6) is -2.74. The molecule has 2 aromatic rings. The number of aliphatic carboxylic acids is 2. The van der Waals surface area contributed by atoms with Crippen LogP contribution in [-0.2, 0) is 16.1 Å². The van der Waals surface area contributed by atoms with Gasteiger partial charge >= 0.3 is 11.9 Å². The molecule has 0 bridgehead atoms. The van der Waals surface area contributed by atoms with E-state index in [0.29, 0.717) is 5.56 Å². The number of pyridine rings is 1. The lowest BCUT2D eigenvalue weighted by Gasteiger charge is -2.34. The highest BCUT2D eigenvalue weighted by Gasteiger charge is 2.22. The van der Waals surface area contributed by atoms with Crippen LogP contribution in [-0.4, -0.2) is 76.1 Å². The number of halogens is 1. The fraction of sp³-hybridized carbons (Fsp3) is 0.300. The first-order valence-corrected chi connectivity index (χ1v) is 9.81. The van der Waals surface area contributed by atoms with E-state index in [0.717, 1.165) is 42.9 Å². The Bertz CT molecular complexity index is 873. The summed E-state index contributed by atoms with van der Waals surface area (Å²) in [4.78, 5) is 38.9. The average molecular weight is 480 g/mol. The predicted molar refractivity (Wildman–Crippen MR) is 111 cm³/mol. The van der Waals surface area contributed by atoms with E-state index in [-0.39, 0.29) is 5.91 Å². The number of carboxylic acids is 2. The Morgan fingerprint density at radius 2 is 1.77 bits per heavy atom. The van der Waals surface area contributed by atoms with Gasteiger partial charge in [-0.25, -0.2) is 9.59 Å². The molecule has 0 atom stereocenters. The summed E-state index contributed by atoms with van der Waals surface area (Å²) in [5, 5.41) is 14.8. The number of ether oxygens (including phenoxy) is 1. The first-order chi connectivity index (χ1) is 14.3. The normalized spacial score (nSPS) is 13.7. The molecular weight excluding hydrogens is 458 g/mol. The molecule has 1 saturated heterocycles. The zero-order valence-electron chi connectivity index (χ0n) is 16.3. The second-order valence-electron chi connectivity index (χ2n) is 6.39. The van der Waals surface area contributed by atoms with E-state index in [9.17, 15) is 4.79 Å².